The van der Waals surface area contributed by atoms with Gasteiger partial charge >= 0.3 is 0 Å². The zero-order valence-electron chi connectivity index (χ0n) is 8.93. The molecule has 0 radical (unpaired) electrons. The molecular formula is C9H16N2O2S2. The van der Waals surface area contributed by atoms with Crippen LogP contribution < -0.4 is 5.32 Å². The first-order valence-electron chi connectivity index (χ1n) is 4.76. The minimum atomic E-state index is -2.84. The van der Waals surface area contributed by atoms with E-state index in [1.165, 1.54) is 6.26 Å². The van der Waals surface area contributed by atoms with Crippen LogP contribution in [0.5, 0.6) is 0 Å². The number of aromatic nitrogens is 1. The Morgan fingerprint density at radius 1 is 1.60 bits per heavy atom. The molecular weight excluding hydrogens is 232 g/mol. The number of nitrogens with zero attached hydrogens (tertiary/aromatic N) is 1. The molecule has 0 aliphatic rings. The van der Waals surface area contributed by atoms with E-state index in [1.807, 2.05) is 12.4 Å². The Morgan fingerprint density at radius 2 is 2.33 bits per heavy atom. The van der Waals surface area contributed by atoms with Gasteiger partial charge in [0.25, 0.3) is 0 Å². The van der Waals surface area contributed by atoms with E-state index in [1.54, 1.807) is 16.8 Å². The number of nitrogens with one attached hydrogen (secondary N) is 1. The zero-order chi connectivity index (χ0) is 11.3. The molecule has 1 aromatic rings. The van der Waals surface area contributed by atoms with Crippen molar-refractivity contribution < 1.29 is 8.42 Å². The van der Waals surface area contributed by atoms with E-state index in [2.05, 4.69) is 10.3 Å². The van der Waals surface area contributed by atoms with Gasteiger partial charge < -0.3 is 5.32 Å². The summed E-state index contributed by atoms with van der Waals surface area (Å²) in [7, 11) is -0.977. The van der Waals surface area contributed by atoms with Gasteiger partial charge in [-0.1, -0.05) is 0 Å². The second-order valence-electron chi connectivity index (χ2n) is 3.53. The summed E-state index contributed by atoms with van der Waals surface area (Å²) >= 11 is 1.55. The van der Waals surface area contributed by atoms with E-state index in [0.717, 1.165) is 12.1 Å². The fourth-order valence-corrected chi connectivity index (χ4v) is 2.68. The summed E-state index contributed by atoms with van der Waals surface area (Å²) in [6.45, 7) is 0. The van der Waals surface area contributed by atoms with Gasteiger partial charge in [-0.25, -0.2) is 13.4 Å². The van der Waals surface area contributed by atoms with Crippen molar-refractivity contribution in [2.75, 3.05) is 19.1 Å². The fourth-order valence-electron chi connectivity index (χ4n) is 1.38. The Balaban J connectivity index is 2.42. The van der Waals surface area contributed by atoms with E-state index in [-0.39, 0.29) is 11.8 Å². The van der Waals surface area contributed by atoms with E-state index < -0.39 is 9.84 Å². The van der Waals surface area contributed by atoms with E-state index in [9.17, 15) is 8.42 Å². The highest BCUT2D eigenvalue weighted by Gasteiger charge is 2.12. The number of hydrogen-bond donors (Lipinski definition) is 1. The Labute approximate surface area is 94.7 Å². The Morgan fingerprint density at radius 3 is 2.80 bits per heavy atom. The molecule has 0 aliphatic heterocycles. The molecule has 1 unspecified atom stereocenters. The summed E-state index contributed by atoms with van der Waals surface area (Å²) in [5, 5.41) is 5.13. The average Bonchev–Trinajstić information content (AvgIpc) is 2.63. The number of rotatable bonds is 6. The van der Waals surface area contributed by atoms with Crippen LogP contribution in [0.3, 0.4) is 0 Å². The van der Waals surface area contributed by atoms with Crippen LogP contribution in [-0.2, 0) is 9.84 Å². The number of sulfone groups is 1. The molecule has 0 fully saturated rings. The first-order chi connectivity index (χ1) is 7.03. The quantitative estimate of drug-likeness (QED) is 0.822. The Hall–Kier alpha value is -0.460. The largest absolute Gasteiger partial charge is 0.312 e. The summed E-state index contributed by atoms with van der Waals surface area (Å²) < 4.78 is 21.9. The van der Waals surface area contributed by atoms with Gasteiger partial charge in [-0.15, -0.1) is 11.3 Å². The van der Waals surface area contributed by atoms with Crippen molar-refractivity contribution in [3.8, 4) is 0 Å². The second-order valence-corrected chi connectivity index (χ2v) is 6.51. The molecule has 1 atom stereocenters. The van der Waals surface area contributed by atoms with Crippen LogP contribution >= 0.6 is 11.3 Å². The number of hydrogen-bond acceptors (Lipinski definition) is 5. The summed E-state index contributed by atoms with van der Waals surface area (Å²) in [5.41, 5.74) is 2.78. The smallest absolute Gasteiger partial charge is 0.147 e. The van der Waals surface area contributed by atoms with Crippen molar-refractivity contribution >= 4 is 21.2 Å². The summed E-state index contributed by atoms with van der Waals surface area (Å²) in [4.78, 5) is 4.21. The van der Waals surface area contributed by atoms with Crippen LogP contribution in [0.25, 0.3) is 0 Å². The van der Waals surface area contributed by atoms with Crippen LogP contribution in [0.1, 0.15) is 24.6 Å². The molecule has 1 heterocycles. The molecule has 0 aliphatic carbocycles. The molecule has 0 saturated heterocycles. The molecule has 0 bridgehead atoms. The van der Waals surface area contributed by atoms with Crippen LogP contribution in [-0.4, -0.2) is 32.5 Å². The van der Waals surface area contributed by atoms with E-state index in [4.69, 9.17) is 0 Å². The molecule has 15 heavy (non-hydrogen) atoms. The van der Waals surface area contributed by atoms with Gasteiger partial charge in [0, 0.05) is 17.4 Å². The van der Waals surface area contributed by atoms with Crippen LogP contribution in [0.15, 0.2) is 10.9 Å². The standard InChI is InChI=1S/C9H16N2O2S2/c1-10-8(9-6-14-7-11-9)4-3-5-15(2,12)13/h6-8,10H,3-5H2,1-2H3. The topological polar surface area (TPSA) is 59.1 Å². The summed E-state index contributed by atoms with van der Waals surface area (Å²) in [6, 6.07) is 0.165. The lowest BCUT2D eigenvalue weighted by Gasteiger charge is -2.12. The molecule has 0 spiro atoms. The molecule has 0 amide bonds. The maximum atomic E-state index is 11.0. The Bertz CT molecular complexity index is 373. The normalized spacial score (nSPS) is 14.0. The van der Waals surface area contributed by atoms with Gasteiger partial charge in [0.05, 0.1) is 17.2 Å². The maximum absolute atomic E-state index is 11.0. The molecule has 1 aromatic heterocycles. The van der Waals surface area contributed by atoms with Gasteiger partial charge in [0.2, 0.25) is 0 Å². The SMILES string of the molecule is CNC(CCCS(C)(=O)=O)c1cscn1. The highest BCUT2D eigenvalue weighted by atomic mass is 32.2. The lowest BCUT2D eigenvalue weighted by atomic mass is 10.1. The van der Waals surface area contributed by atoms with Gasteiger partial charge in [-0.3, -0.25) is 0 Å². The van der Waals surface area contributed by atoms with Crippen LogP contribution in [0, 0.1) is 0 Å². The van der Waals surface area contributed by atoms with E-state index in [0.29, 0.717) is 6.42 Å². The van der Waals surface area contributed by atoms with Crippen molar-refractivity contribution in [2.45, 2.75) is 18.9 Å². The maximum Gasteiger partial charge on any atom is 0.147 e. The van der Waals surface area contributed by atoms with Crippen molar-refractivity contribution in [2.24, 2.45) is 0 Å². The number of thiazole rings is 1. The average molecular weight is 248 g/mol. The van der Waals surface area contributed by atoms with Gasteiger partial charge in [-0.05, 0) is 19.9 Å². The van der Waals surface area contributed by atoms with Crippen molar-refractivity contribution in [3.05, 3.63) is 16.6 Å². The van der Waals surface area contributed by atoms with Crippen LogP contribution in [0.2, 0.25) is 0 Å². The third kappa shape index (κ3) is 4.72. The Kier molecular flexibility index (Phi) is 4.69. The minimum Gasteiger partial charge on any atom is -0.312 e. The fraction of sp³-hybridized carbons (Fsp3) is 0.667. The highest BCUT2D eigenvalue weighted by molar-refractivity contribution is 7.90. The van der Waals surface area contributed by atoms with Gasteiger partial charge in [0.15, 0.2) is 0 Å². The lowest BCUT2D eigenvalue weighted by molar-refractivity contribution is 0.527. The van der Waals surface area contributed by atoms with Crippen molar-refractivity contribution in [3.63, 3.8) is 0 Å². The molecule has 6 heteroatoms. The van der Waals surface area contributed by atoms with Crippen molar-refractivity contribution in [1.29, 1.82) is 0 Å². The monoisotopic (exact) mass is 248 g/mol. The third-order valence-corrected chi connectivity index (χ3v) is 3.80. The summed E-state index contributed by atoms with van der Waals surface area (Å²) in [6.07, 6.45) is 2.74. The molecule has 0 aromatic carbocycles. The molecule has 4 nitrogen and oxygen atoms in total. The minimum absolute atomic E-state index is 0.165. The van der Waals surface area contributed by atoms with Gasteiger partial charge in [-0.2, -0.15) is 0 Å². The lowest BCUT2D eigenvalue weighted by Crippen LogP contribution is -2.17. The predicted molar refractivity (Wildman–Crippen MR) is 62.9 cm³/mol. The molecule has 0 saturated carbocycles. The van der Waals surface area contributed by atoms with Gasteiger partial charge in [0.1, 0.15) is 9.84 Å². The third-order valence-electron chi connectivity index (χ3n) is 2.16. The first-order valence-corrected chi connectivity index (χ1v) is 7.76. The molecule has 1 rings (SSSR count). The first kappa shape index (κ1) is 12.6. The predicted octanol–water partition coefficient (Wildman–Crippen LogP) is 1.23. The van der Waals surface area contributed by atoms with Crippen molar-refractivity contribution in [1.82, 2.24) is 10.3 Å². The van der Waals surface area contributed by atoms with E-state index >= 15 is 0 Å². The molecule has 86 valence electrons. The summed E-state index contributed by atoms with van der Waals surface area (Å²) in [5.74, 6) is 0.245. The highest BCUT2D eigenvalue weighted by Crippen LogP contribution is 2.17. The molecule has 1 N–H and O–H groups in total. The second kappa shape index (κ2) is 5.58. The van der Waals surface area contributed by atoms with Crippen LogP contribution in [0.4, 0.5) is 0 Å². The zero-order valence-corrected chi connectivity index (χ0v) is 10.6.